The Morgan fingerprint density at radius 3 is 1.53 bits per heavy atom. The molecular weight excluding hydrogens is 658 g/mol. The van der Waals surface area contributed by atoms with Crippen LogP contribution in [-0.4, -0.2) is 0 Å². The molecule has 10 heteroatoms. The molecule has 49 heavy (non-hydrogen) atoms. The van der Waals surface area contributed by atoms with Gasteiger partial charge < -0.3 is 0 Å². The summed E-state index contributed by atoms with van der Waals surface area (Å²) in [7, 11) is 0. The molecule has 0 amide bonds. The summed E-state index contributed by atoms with van der Waals surface area (Å²) < 4.78 is 141. The highest BCUT2D eigenvalue weighted by Crippen LogP contribution is 2.39. The van der Waals surface area contributed by atoms with Gasteiger partial charge in [0.05, 0.1) is 5.56 Å². The van der Waals surface area contributed by atoms with Crippen LogP contribution in [0.4, 0.5) is 43.9 Å². The van der Waals surface area contributed by atoms with Gasteiger partial charge in [0, 0.05) is 17.5 Å². The van der Waals surface area contributed by atoms with Gasteiger partial charge in [-0.3, -0.25) is 0 Å². The molecule has 5 aromatic rings. The maximum Gasteiger partial charge on any atom is 0.422 e. The van der Waals surface area contributed by atoms with Gasteiger partial charge in [-0.1, -0.05) is 66.7 Å². The number of alkyl halides is 3. The minimum absolute atomic E-state index is 0.00101. The van der Waals surface area contributed by atoms with Crippen LogP contribution in [0, 0.1) is 29.1 Å². The second-order valence-corrected chi connectivity index (χ2v) is 11.2. The van der Waals surface area contributed by atoms with E-state index in [1.165, 1.54) is 24.3 Å². The fourth-order valence-electron chi connectivity index (χ4n) is 5.42. The zero-order chi connectivity index (χ0) is 35.5. The molecule has 0 saturated heterocycles. The van der Waals surface area contributed by atoms with Crippen LogP contribution in [-0.2, 0) is 6.18 Å². The Labute approximate surface area is 275 Å². The lowest BCUT2D eigenvalue weighted by atomic mass is 9.95. The number of hydrogen-bond acceptors (Lipinski definition) is 0. The zero-order valence-corrected chi connectivity index (χ0v) is 25.6. The smallest absolute Gasteiger partial charge is 0.209 e. The Morgan fingerprint density at radius 1 is 0.551 bits per heavy atom. The first-order chi connectivity index (χ1) is 23.3. The molecule has 5 rings (SSSR count). The van der Waals surface area contributed by atoms with Crippen LogP contribution in [0.3, 0.4) is 0 Å². The molecule has 0 aromatic heterocycles. The average Bonchev–Trinajstić information content (AvgIpc) is 3.05. The molecule has 0 aliphatic carbocycles. The summed E-state index contributed by atoms with van der Waals surface area (Å²) in [5, 5.41) is 0. The van der Waals surface area contributed by atoms with Crippen molar-refractivity contribution in [1.29, 1.82) is 0 Å². The topological polar surface area (TPSA) is 0 Å². The van der Waals surface area contributed by atoms with Crippen LogP contribution < -0.4 is 0 Å². The van der Waals surface area contributed by atoms with Crippen LogP contribution in [0.25, 0.3) is 50.3 Å². The minimum atomic E-state index is -5.36. The molecule has 0 saturated carbocycles. The van der Waals surface area contributed by atoms with Gasteiger partial charge in [-0.25, -0.2) is 30.7 Å². The SMILES string of the molecule is C=CCCCCC(F)=C(F)c1ccc(-c2ccc(-c3ccc(-c4cc(F)c(-c5cc(F)c(C(F)(F)F)c(F)c5)c(F)c4)c(F)c3)cc2)cc1. The summed E-state index contributed by atoms with van der Waals surface area (Å²) in [6, 6.07) is 18.9. The standard InChI is InChI=1S/C39H26F10/c1-2-3-4-5-6-30(40)38(46)25-13-11-23(12-14-25)22-7-9-24(10-8-22)26-15-16-29(31(41)17-26)27-18-32(42)36(33(43)19-27)28-20-34(44)37(35(45)21-28)39(47,48)49/h2,7-21H,1,3-6H2. The quantitative estimate of drug-likeness (QED) is 0.0780. The Hall–Kier alpha value is -5.12. The highest BCUT2D eigenvalue weighted by Gasteiger charge is 2.38. The molecular formula is C39H26F10. The van der Waals surface area contributed by atoms with E-state index < -0.39 is 63.6 Å². The molecule has 252 valence electrons. The Kier molecular flexibility index (Phi) is 10.5. The molecule has 0 unspecified atom stereocenters. The highest BCUT2D eigenvalue weighted by atomic mass is 19.4. The highest BCUT2D eigenvalue weighted by molar-refractivity contribution is 5.76. The van der Waals surface area contributed by atoms with Crippen LogP contribution in [0.5, 0.6) is 0 Å². The van der Waals surface area contributed by atoms with E-state index in [2.05, 4.69) is 6.58 Å². The van der Waals surface area contributed by atoms with Gasteiger partial charge in [0.15, 0.2) is 5.83 Å². The average molecular weight is 685 g/mol. The summed E-state index contributed by atoms with van der Waals surface area (Å²) in [6.45, 7) is 3.60. The number of rotatable bonds is 10. The van der Waals surface area contributed by atoms with E-state index in [0.29, 0.717) is 29.7 Å². The van der Waals surface area contributed by atoms with E-state index in [9.17, 15) is 30.7 Å². The summed E-state index contributed by atoms with van der Waals surface area (Å²) >= 11 is 0. The van der Waals surface area contributed by atoms with Gasteiger partial charge in [0.2, 0.25) is 0 Å². The van der Waals surface area contributed by atoms with Crippen molar-refractivity contribution in [3.8, 4) is 44.5 Å². The number of unbranched alkanes of at least 4 members (excludes halogenated alkanes) is 2. The maximum absolute atomic E-state index is 15.3. The van der Waals surface area contributed by atoms with Gasteiger partial charge in [0.1, 0.15) is 40.5 Å². The summed E-state index contributed by atoms with van der Waals surface area (Å²) in [5.41, 5.74) is -1.82. The number of halogens is 10. The van der Waals surface area contributed by atoms with Crippen molar-refractivity contribution in [1.82, 2.24) is 0 Å². The van der Waals surface area contributed by atoms with Crippen LogP contribution in [0.15, 0.2) is 109 Å². The third kappa shape index (κ3) is 7.80. The van der Waals surface area contributed by atoms with Crippen molar-refractivity contribution >= 4 is 5.83 Å². The first-order valence-corrected chi connectivity index (χ1v) is 15.0. The minimum Gasteiger partial charge on any atom is -0.209 e. The van der Waals surface area contributed by atoms with Gasteiger partial charge >= 0.3 is 6.18 Å². The predicted octanol–water partition coefficient (Wildman–Crippen LogP) is 13.4. The molecule has 0 atom stereocenters. The molecule has 0 radical (unpaired) electrons. The lowest BCUT2D eigenvalue weighted by Gasteiger charge is -2.13. The maximum atomic E-state index is 15.3. The fraction of sp³-hybridized carbons (Fsp3) is 0.128. The van der Waals surface area contributed by atoms with E-state index in [-0.39, 0.29) is 35.2 Å². The summed E-state index contributed by atoms with van der Waals surface area (Å²) in [4.78, 5) is 0. The Balaban J connectivity index is 1.34. The predicted molar refractivity (Wildman–Crippen MR) is 171 cm³/mol. The van der Waals surface area contributed by atoms with Crippen LogP contribution in [0.2, 0.25) is 0 Å². The molecule has 0 aliphatic rings. The zero-order valence-electron chi connectivity index (χ0n) is 25.6. The van der Waals surface area contributed by atoms with Crippen molar-refractivity contribution in [2.75, 3.05) is 0 Å². The van der Waals surface area contributed by atoms with E-state index in [4.69, 9.17) is 0 Å². The lowest BCUT2D eigenvalue weighted by molar-refractivity contribution is -0.142. The molecule has 0 heterocycles. The third-order valence-electron chi connectivity index (χ3n) is 7.92. The van der Waals surface area contributed by atoms with Crippen molar-refractivity contribution in [2.24, 2.45) is 0 Å². The molecule has 0 fully saturated rings. The van der Waals surface area contributed by atoms with Gasteiger partial charge in [0.25, 0.3) is 0 Å². The van der Waals surface area contributed by atoms with Crippen molar-refractivity contribution < 1.29 is 43.9 Å². The van der Waals surface area contributed by atoms with Crippen LogP contribution >= 0.6 is 0 Å². The number of hydrogen-bond donors (Lipinski definition) is 0. The fourth-order valence-corrected chi connectivity index (χ4v) is 5.42. The normalized spacial score (nSPS) is 12.2. The van der Waals surface area contributed by atoms with Crippen molar-refractivity contribution in [3.05, 3.63) is 150 Å². The first-order valence-electron chi connectivity index (χ1n) is 15.0. The van der Waals surface area contributed by atoms with Gasteiger partial charge in [-0.2, -0.15) is 13.2 Å². The molecule has 0 aliphatic heterocycles. The lowest BCUT2D eigenvalue weighted by Crippen LogP contribution is -2.11. The summed E-state index contributed by atoms with van der Waals surface area (Å²) in [6.07, 6.45) is -1.68. The Bertz CT molecular complexity index is 1980. The third-order valence-corrected chi connectivity index (χ3v) is 7.92. The van der Waals surface area contributed by atoms with E-state index in [1.54, 1.807) is 42.5 Å². The first kappa shape index (κ1) is 35.2. The second kappa shape index (κ2) is 14.6. The molecule has 5 aromatic carbocycles. The van der Waals surface area contributed by atoms with Crippen molar-refractivity contribution in [2.45, 2.75) is 31.9 Å². The van der Waals surface area contributed by atoms with Gasteiger partial charge in [-0.15, -0.1) is 6.58 Å². The van der Waals surface area contributed by atoms with Crippen LogP contribution in [0.1, 0.15) is 36.8 Å². The Morgan fingerprint density at radius 2 is 1.02 bits per heavy atom. The van der Waals surface area contributed by atoms with Gasteiger partial charge in [-0.05, 0) is 83.0 Å². The molecule has 0 bridgehead atoms. The largest absolute Gasteiger partial charge is 0.422 e. The molecule has 0 nitrogen and oxygen atoms in total. The van der Waals surface area contributed by atoms with E-state index in [0.717, 1.165) is 30.0 Å². The van der Waals surface area contributed by atoms with E-state index >= 15 is 13.2 Å². The molecule has 0 spiro atoms. The molecule has 0 N–H and O–H groups in total. The monoisotopic (exact) mass is 684 g/mol. The number of benzene rings is 5. The van der Waals surface area contributed by atoms with E-state index in [1.807, 2.05) is 0 Å². The number of allylic oxidation sites excluding steroid dienone is 2. The second-order valence-electron chi connectivity index (χ2n) is 11.2. The summed E-state index contributed by atoms with van der Waals surface area (Å²) in [5.74, 6) is -9.39. The van der Waals surface area contributed by atoms with Crippen molar-refractivity contribution in [3.63, 3.8) is 0 Å².